The van der Waals surface area contributed by atoms with E-state index in [1.807, 2.05) is 62.4 Å². The van der Waals surface area contributed by atoms with Gasteiger partial charge in [-0.15, -0.1) is 0 Å². The average Bonchev–Trinajstić information content (AvgIpc) is 2.88. The summed E-state index contributed by atoms with van der Waals surface area (Å²) in [7, 11) is 1.58. The Bertz CT molecular complexity index is 1460. The van der Waals surface area contributed by atoms with Crippen molar-refractivity contribution in [2.45, 2.75) is 20.5 Å². The maximum Gasteiger partial charge on any atom is 0.266 e. The lowest BCUT2D eigenvalue weighted by Crippen LogP contribution is -2.13. The summed E-state index contributed by atoms with van der Waals surface area (Å²) < 4.78 is 11.5. The zero-order chi connectivity index (χ0) is 24.8. The summed E-state index contributed by atoms with van der Waals surface area (Å²) in [6.07, 6.45) is 1.54. The minimum Gasteiger partial charge on any atom is -0.497 e. The van der Waals surface area contributed by atoms with Gasteiger partial charge in [-0.1, -0.05) is 48.5 Å². The van der Waals surface area contributed by atoms with E-state index in [0.29, 0.717) is 29.4 Å². The molecule has 5 nitrogen and oxygen atoms in total. The second-order valence-electron chi connectivity index (χ2n) is 8.25. The number of nitriles is 1. The smallest absolute Gasteiger partial charge is 0.266 e. The van der Waals surface area contributed by atoms with E-state index >= 15 is 0 Å². The standard InChI is InChI=1S/C30H26N2O3/c1-20-11-13-26(15-21(20)2)32-30(33)25(18-31)16-23-12-14-27(34-3)17-29(23)35-19-24-9-6-8-22-7-4-5-10-28(22)24/h4-17H,19H2,1-3H3,(H,32,33)/b25-16+. The predicted octanol–water partition coefficient (Wildman–Crippen LogP) is 6.59. The van der Waals surface area contributed by atoms with Crippen molar-refractivity contribution in [2.24, 2.45) is 0 Å². The molecule has 0 bridgehead atoms. The fourth-order valence-electron chi connectivity index (χ4n) is 3.78. The van der Waals surface area contributed by atoms with Gasteiger partial charge in [0.05, 0.1) is 7.11 Å². The molecule has 0 heterocycles. The SMILES string of the molecule is COc1ccc(/C=C(\C#N)C(=O)Nc2ccc(C)c(C)c2)c(OCc2cccc3ccccc23)c1. The molecule has 0 atom stereocenters. The summed E-state index contributed by atoms with van der Waals surface area (Å²) in [5.41, 5.74) is 4.45. The van der Waals surface area contributed by atoms with Crippen LogP contribution in [0.2, 0.25) is 0 Å². The zero-order valence-corrected chi connectivity index (χ0v) is 20.0. The molecule has 0 fully saturated rings. The zero-order valence-electron chi connectivity index (χ0n) is 20.0. The topological polar surface area (TPSA) is 71.3 Å². The number of fused-ring (bicyclic) bond motifs is 1. The quantitative estimate of drug-likeness (QED) is 0.248. The van der Waals surface area contributed by atoms with Gasteiger partial charge < -0.3 is 14.8 Å². The normalized spacial score (nSPS) is 11.1. The van der Waals surface area contributed by atoms with E-state index < -0.39 is 5.91 Å². The molecule has 35 heavy (non-hydrogen) atoms. The molecule has 4 aromatic carbocycles. The number of methoxy groups -OCH3 is 1. The molecule has 0 unspecified atom stereocenters. The highest BCUT2D eigenvalue weighted by Gasteiger charge is 2.13. The van der Waals surface area contributed by atoms with Gasteiger partial charge in [0, 0.05) is 17.3 Å². The lowest BCUT2D eigenvalue weighted by molar-refractivity contribution is -0.112. The third kappa shape index (κ3) is 5.51. The van der Waals surface area contributed by atoms with Crippen LogP contribution in [0.1, 0.15) is 22.3 Å². The van der Waals surface area contributed by atoms with Crippen molar-refractivity contribution in [1.82, 2.24) is 0 Å². The van der Waals surface area contributed by atoms with Crippen LogP contribution >= 0.6 is 0 Å². The van der Waals surface area contributed by atoms with Crippen LogP contribution in [-0.4, -0.2) is 13.0 Å². The number of hydrogen-bond donors (Lipinski definition) is 1. The second-order valence-corrected chi connectivity index (χ2v) is 8.25. The Morgan fingerprint density at radius 3 is 2.54 bits per heavy atom. The molecule has 4 rings (SSSR count). The number of anilines is 1. The van der Waals surface area contributed by atoms with Crippen LogP contribution in [-0.2, 0) is 11.4 Å². The molecule has 1 N–H and O–H groups in total. The van der Waals surface area contributed by atoms with Gasteiger partial charge >= 0.3 is 0 Å². The second kappa shape index (κ2) is 10.6. The lowest BCUT2D eigenvalue weighted by atomic mass is 10.1. The molecule has 0 aromatic heterocycles. The summed E-state index contributed by atoms with van der Waals surface area (Å²) in [4.78, 5) is 12.8. The highest BCUT2D eigenvalue weighted by Crippen LogP contribution is 2.29. The van der Waals surface area contributed by atoms with Crippen LogP contribution in [0, 0.1) is 25.2 Å². The van der Waals surface area contributed by atoms with Gasteiger partial charge in [0.2, 0.25) is 0 Å². The van der Waals surface area contributed by atoms with Crippen LogP contribution in [0.15, 0.2) is 84.4 Å². The number of nitrogens with zero attached hydrogens (tertiary/aromatic N) is 1. The first kappa shape index (κ1) is 23.6. The maximum atomic E-state index is 12.8. The van der Waals surface area contributed by atoms with Crippen molar-refractivity contribution < 1.29 is 14.3 Å². The number of benzene rings is 4. The van der Waals surface area contributed by atoms with Crippen LogP contribution in [0.4, 0.5) is 5.69 Å². The highest BCUT2D eigenvalue weighted by molar-refractivity contribution is 6.09. The molecular formula is C30H26N2O3. The van der Waals surface area contributed by atoms with E-state index in [4.69, 9.17) is 9.47 Å². The van der Waals surface area contributed by atoms with Crippen molar-refractivity contribution in [3.05, 3.63) is 107 Å². The van der Waals surface area contributed by atoms with Crippen molar-refractivity contribution in [1.29, 1.82) is 5.26 Å². The van der Waals surface area contributed by atoms with Gasteiger partial charge in [0.25, 0.3) is 5.91 Å². The van der Waals surface area contributed by atoms with Gasteiger partial charge in [-0.05, 0) is 71.7 Å². The van der Waals surface area contributed by atoms with E-state index in [2.05, 4.69) is 23.5 Å². The third-order valence-electron chi connectivity index (χ3n) is 5.91. The Morgan fingerprint density at radius 2 is 1.77 bits per heavy atom. The number of hydrogen-bond acceptors (Lipinski definition) is 4. The molecule has 0 radical (unpaired) electrons. The molecule has 0 aliphatic carbocycles. The Kier molecular flexibility index (Phi) is 7.13. The first-order valence-corrected chi connectivity index (χ1v) is 11.3. The molecule has 0 saturated carbocycles. The number of rotatable bonds is 7. The Balaban J connectivity index is 1.61. The molecule has 4 aromatic rings. The van der Waals surface area contributed by atoms with E-state index in [0.717, 1.165) is 27.5 Å². The highest BCUT2D eigenvalue weighted by atomic mass is 16.5. The molecule has 0 spiro atoms. The molecule has 0 saturated heterocycles. The molecular weight excluding hydrogens is 436 g/mol. The first-order valence-electron chi connectivity index (χ1n) is 11.3. The number of aryl methyl sites for hydroxylation is 2. The monoisotopic (exact) mass is 462 g/mol. The van der Waals surface area contributed by atoms with E-state index in [1.165, 1.54) is 6.08 Å². The van der Waals surface area contributed by atoms with Crippen LogP contribution < -0.4 is 14.8 Å². The fourth-order valence-corrected chi connectivity index (χ4v) is 3.78. The minimum absolute atomic E-state index is 0.0246. The van der Waals surface area contributed by atoms with Crippen molar-refractivity contribution in [2.75, 3.05) is 12.4 Å². The van der Waals surface area contributed by atoms with Crippen LogP contribution in [0.3, 0.4) is 0 Å². The Morgan fingerprint density at radius 1 is 0.971 bits per heavy atom. The summed E-state index contributed by atoms with van der Waals surface area (Å²) in [5, 5.41) is 14.8. The number of amides is 1. The summed E-state index contributed by atoms with van der Waals surface area (Å²) >= 11 is 0. The van der Waals surface area contributed by atoms with Gasteiger partial charge in [0.15, 0.2) is 0 Å². The molecule has 0 aliphatic heterocycles. The summed E-state index contributed by atoms with van der Waals surface area (Å²) in [5.74, 6) is 0.656. The van der Waals surface area contributed by atoms with Gasteiger partial charge in [-0.3, -0.25) is 4.79 Å². The molecule has 0 aliphatic rings. The van der Waals surface area contributed by atoms with Gasteiger partial charge in [0.1, 0.15) is 29.7 Å². The maximum absolute atomic E-state index is 12.8. The lowest BCUT2D eigenvalue weighted by Gasteiger charge is -2.13. The fraction of sp³-hybridized carbons (Fsp3) is 0.133. The minimum atomic E-state index is -0.480. The predicted molar refractivity (Wildman–Crippen MR) is 139 cm³/mol. The van der Waals surface area contributed by atoms with Crippen LogP contribution in [0.25, 0.3) is 16.8 Å². The molecule has 1 amide bonds. The van der Waals surface area contributed by atoms with Gasteiger partial charge in [-0.2, -0.15) is 5.26 Å². The first-order chi connectivity index (χ1) is 17.0. The van der Waals surface area contributed by atoms with Crippen molar-refractivity contribution >= 4 is 28.4 Å². The largest absolute Gasteiger partial charge is 0.497 e. The van der Waals surface area contributed by atoms with E-state index in [9.17, 15) is 10.1 Å². The average molecular weight is 463 g/mol. The summed E-state index contributed by atoms with van der Waals surface area (Å²) in [6, 6.07) is 27.2. The van der Waals surface area contributed by atoms with Crippen LogP contribution in [0.5, 0.6) is 11.5 Å². The molecule has 174 valence electrons. The van der Waals surface area contributed by atoms with Gasteiger partial charge in [-0.25, -0.2) is 0 Å². The van der Waals surface area contributed by atoms with Crippen molar-refractivity contribution in [3.63, 3.8) is 0 Å². The number of nitrogens with one attached hydrogen (secondary N) is 1. The third-order valence-corrected chi connectivity index (χ3v) is 5.91. The Labute approximate surface area is 205 Å². The van der Waals surface area contributed by atoms with E-state index in [1.54, 1.807) is 25.3 Å². The van der Waals surface area contributed by atoms with Crippen molar-refractivity contribution in [3.8, 4) is 17.6 Å². The number of ether oxygens (including phenoxy) is 2. The Hall–Kier alpha value is -4.56. The summed E-state index contributed by atoms with van der Waals surface area (Å²) in [6.45, 7) is 4.31. The molecule has 5 heteroatoms. The number of carbonyl (C=O) groups excluding carboxylic acids is 1. The van der Waals surface area contributed by atoms with E-state index in [-0.39, 0.29) is 5.57 Å². The number of carbonyl (C=O) groups is 1.